The summed E-state index contributed by atoms with van der Waals surface area (Å²) in [6.07, 6.45) is 1.59. The number of nitrogens with one attached hydrogen (secondary N) is 1. The van der Waals surface area contributed by atoms with Crippen LogP contribution in [0.3, 0.4) is 0 Å². The van der Waals surface area contributed by atoms with Crippen LogP contribution in [0.1, 0.15) is 40.0 Å². The molecule has 0 radical (unpaired) electrons. The number of ether oxygens (including phenoxy) is 1. The molecule has 1 fully saturated rings. The smallest absolute Gasteiger partial charge is 0.414 e. The molecule has 3 atom stereocenters. The lowest BCUT2D eigenvalue weighted by Gasteiger charge is -2.35. The summed E-state index contributed by atoms with van der Waals surface area (Å²) in [4.78, 5) is 43.6. The molecule has 1 rings (SSSR count). The van der Waals surface area contributed by atoms with Crippen molar-refractivity contribution >= 4 is 23.9 Å². The highest BCUT2D eigenvalue weighted by atomic mass is 16.6. The summed E-state index contributed by atoms with van der Waals surface area (Å²) in [6, 6.07) is -0.346. The van der Waals surface area contributed by atoms with Crippen LogP contribution in [0.15, 0.2) is 0 Å². The van der Waals surface area contributed by atoms with Gasteiger partial charge in [0.15, 0.2) is 0 Å². The summed E-state index contributed by atoms with van der Waals surface area (Å²) in [5, 5.41) is 17.6. The number of hydrogen-bond acceptors (Lipinski definition) is 6. The molecule has 150 valence electrons. The molecular formula is C16H29N3O7. The first kappa shape index (κ1) is 23.6. The van der Waals surface area contributed by atoms with E-state index in [9.17, 15) is 9.59 Å². The van der Waals surface area contributed by atoms with Gasteiger partial charge in [-0.25, -0.2) is 14.4 Å². The molecule has 0 bridgehead atoms. The highest BCUT2D eigenvalue weighted by Crippen LogP contribution is 2.25. The number of carbonyl (C=O) groups is 4. The molecule has 0 saturated heterocycles. The van der Waals surface area contributed by atoms with Crippen molar-refractivity contribution in [2.45, 2.75) is 57.7 Å². The molecule has 0 unspecified atom stereocenters. The normalized spacial score (nSPS) is 22.3. The monoisotopic (exact) mass is 375 g/mol. The fraction of sp³-hybridized carbons (Fsp3) is 0.750. The van der Waals surface area contributed by atoms with Crippen LogP contribution in [-0.4, -0.2) is 70.8 Å². The van der Waals surface area contributed by atoms with Gasteiger partial charge in [-0.15, -0.1) is 0 Å². The van der Waals surface area contributed by atoms with Gasteiger partial charge < -0.3 is 30.9 Å². The molecule has 0 aromatic rings. The van der Waals surface area contributed by atoms with Gasteiger partial charge in [0, 0.05) is 32.1 Å². The topological polar surface area (TPSA) is 159 Å². The van der Waals surface area contributed by atoms with Crippen LogP contribution in [0.2, 0.25) is 0 Å². The maximum atomic E-state index is 12.0. The second-order valence-corrected chi connectivity index (χ2v) is 7.27. The molecule has 0 aliphatic heterocycles. The van der Waals surface area contributed by atoms with Gasteiger partial charge in [-0.05, 0) is 40.0 Å². The number of alkyl carbamates (subject to hydrolysis) is 1. The standard InChI is InChI=1S/C14H27N3O3.C2H2O4/c1-14(2,3)20-13(19)16-11-8-9(6-7-10(11)15)12(18)17(4)5;3-1(4)2(5)6/h9-11H,6-8,15H2,1-5H3,(H,16,19);(H,3,4)(H,5,6)/t9-,10+,11+;/m1./s1. The maximum absolute atomic E-state index is 12.0. The average molecular weight is 375 g/mol. The molecule has 1 saturated carbocycles. The van der Waals surface area contributed by atoms with Crippen LogP contribution < -0.4 is 11.1 Å². The summed E-state index contributed by atoms with van der Waals surface area (Å²) >= 11 is 0. The van der Waals surface area contributed by atoms with E-state index < -0.39 is 23.6 Å². The van der Waals surface area contributed by atoms with E-state index in [-0.39, 0.29) is 23.9 Å². The summed E-state index contributed by atoms with van der Waals surface area (Å²) in [6.45, 7) is 5.43. The number of rotatable bonds is 2. The number of nitrogens with two attached hydrogens (primary N) is 1. The van der Waals surface area contributed by atoms with Crippen LogP contribution in [0, 0.1) is 5.92 Å². The summed E-state index contributed by atoms with van der Waals surface area (Å²) in [5.74, 6) is -3.64. The van der Waals surface area contributed by atoms with E-state index in [2.05, 4.69) is 5.32 Å². The van der Waals surface area contributed by atoms with Gasteiger partial charge >= 0.3 is 18.0 Å². The van der Waals surface area contributed by atoms with E-state index in [4.69, 9.17) is 30.3 Å². The zero-order chi connectivity index (χ0) is 20.7. The van der Waals surface area contributed by atoms with Gasteiger partial charge in [0.05, 0.1) is 0 Å². The van der Waals surface area contributed by atoms with Crippen molar-refractivity contribution in [1.82, 2.24) is 10.2 Å². The Hall–Kier alpha value is -2.36. The van der Waals surface area contributed by atoms with Crippen LogP contribution in [0.25, 0.3) is 0 Å². The number of carbonyl (C=O) groups excluding carboxylic acids is 2. The molecule has 5 N–H and O–H groups in total. The zero-order valence-corrected chi connectivity index (χ0v) is 15.8. The molecule has 10 nitrogen and oxygen atoms in total. The zero-order valence-electron chi connectivity index (χ0n) is 15.8. The van der Waals surface area contributed by atoms with E-state index >= 15 is 0 Å². The van der Waals surface area contributed by atoms with Crippen molar-refractivity contribution in [2.75, 3.05) is 14.1 Å². The van der Waals surface area contributed by atoms with Crippen molar-refractivity contribution < 1.29 is 34.1 Å². The van der Waals surface area contributed by atoms with E-state index in [1.807, 2.05) is 20.8 Å². The molecule has 0 spiro atoms. The average Bonchev–Trinajstić information content (AvgIpc) is 2.47. The maximum Gasteiger partial charge on any atom is 0.414 e. The van der Waals surface area contributed by atoms with Crippen molar-refractivity contribution in [2.24, 2.45) is 11.7 Å². The van der Waals surface area contributed by atoms with Gasteiger partial charge in [-0.2, -0.15) is 0 Å². The van der Waals surface area contributed by atoms with E-state index in [0.29, 0.717) is 6.42 Å². The quantitative estimate of drug-likeness (QED) is 0.500. The second kappa shape index (κ2) is 9.95. The number of carboxylic acids is 2. The molecule has 0 aromatic heterocycles. The second-order valence-electron chi connectivity index (χ2n) is 7.27. The summed E-state index contributed by atoms with van der Waals surface area (Å²) in [5.41, 5.74) is 5.49. The predicted molar refractivity (Wildman–Crippen MR) is 92.4 cm³/mol. The van der Waals surface area contributed by atoms with Crippen LogP contribution in [-0.2, 0) is 19.1 Å². The predicted octanol–water partition coefficient (Wildman–Crippen LogP) is 0.251. The lowest BCUT2D eigenvalue weighted by Crippen LogP contribution is -2.53. The molecule has 1 aliphatic carbocycles. The lowest BCUT2D eigenvalue weighted by molar-refractivity contribution is -0.159. The Bertz CT molecular complexity index is 516. The van der Waals surface area contributed by atoms with Gasteiger partial charge in [0.25, 0.3) is 0 Å². The molecule has 1 aliphatic rings. The Labute approximate surface area is 152 Å². The van der Waals surface area contributed by atoms with E-state index in [1.54, 1.807) is 19.0 Å². The number of amides is 2. The third-order valence-electron chi connectivity index (χ3n) is 3.58. The molecule has 2 amide bonds. The van der Waals surface area contributed by atoms with Gasteiger partial charge in [0.2, 0.25) is 5.91 Å². The van der Waals surface area contributed by atoms with E-state index in [1.165, 1.54) is 0 Å². The van der Waals surface area contributed by atoms with E-state index in [0.717, 1.165) is 12.8 Å². The SMILES string of the molecule is CN(C)C(=O)[C@@H]1CC[C@H](N)[C@@H](NC(=O)OC(C)(C)C)C1.O=C(O)C(=O)O. The molecule has 10 heteroatoms. The third-order valence-corrected chi connectivity index (χ3v) is 3.58. The molecule has 0 heterocycles. The van der Waals surface area contributed by atoms with Gasteiger partial charge in [-0.3, -0.25) is 4.79 Å². The minimum atomic E-state index is -1.82. The lowest BCUT2D eigenvalue weighted by atomic mass is 9.82. The Morgan fingerprint density at radius 3 is 1.96 bits per heavy atom. The summed E-state index contributed by atoms with van der Waals surface area (Å²) in [7, 11) is 3.49. The number of hydrogen-bond donors (Lipinski definition) is 4. The Balaban J connectivity index is 0.000000896. The minimum absolute atomic E-state index is 0.0789. The Morgan fingerprint density at radius 1 is 1.08 bits per heavy atom. The van der Waals surface area contributed by atoms with Crippen molar-refractivity contribution in [3.63, 3.8) is 0 Å². The molecule has 26 heavy (non-hydrogen) atoms. The van der Waals surface area contributed by atoms with Crippen molar-refractivity contribution in [3.05, 3.63) is 0 Å². The van der Waals surface area contributed by atoms with Gasteiger partial charge in [0.1, 0.15) is 5.60 Å². The summed E-state index contributed by atoms with van der Waals surface area (Å²) < 4.78 is 5.23. The fourth-order valence-corrected chi connectivity index (χ4v) is 2.41. The van der Waals surface area contributed by atoms with Crippen LogP contribution in [0.4, 0.5) is 4.79 Å². The largest absolute Gasteiger partial charge is 0.473 e. The fourth-order valence-electron chi connectivity index (χ4n) is 2.41. The Kier molecular flexibility index (Phi) is 9.05. The van der Waals surface area contributed by atoms with Crippen LogP contribution >= 0.6 is 0 Å². The first-order chi connectivity index (χ1) is 11.7. The molecular weight excluding hydrogens is 346 g/mol. The number of aliphatic carboxylic acids is 2. The van der Waals surface area contributed by atoms with Gasteiger partial charge in [-0.1, -0.05) is 0 Å². The number of nitrogens with zero attached hydrogens (tertiary/aromatic N) is 1. The van der Waals surface area contributed by atoms with Crippen molar-refractivity contribution in [1.29, 1.82) is 0 Å². The van der Waals surface area contributed by atoms with Crippen molar-refractivity contribution in [3.8, 4) is 0 Å². The number of carboxylic acid groups (broad SMARTS) is 2. The third kappa shape index (κ3) is 9.21. The Morgan fingerprint density at radius 2 is 1.58 bits per heavy atom. The highest BCUT2D eigenvalue weighted by Gasteiger charge is 2.34. The highest BCUT2D eigenvalue weighted by molar-refractivity contribution is 6.27. The minimum Gasteiger partial charge on any atom is -0.473 e. The first-order valence-corrected chi connectivity index (χ1v) is 8.17. The molecule has 0 aromatic carbocycles. The first-order valence-electron chi connectivity index (χ1n) is 8.17. The van der Waals surface area contributed by atoms with Crippen LogP contribution in [0.5, 0.6) is 0 Å².